The molecule has 90 valence electrons. The molecule has 0 spiro atoms. The van der Waals surface area contributed by atoms with E-state index in [-0.39, 0.29) is 11.5 Å². The molecule has 0 amide bonds. The predicted octanol–water partition coefficient (Wildman–Crippen LogP) is 4.09. The number of nitrogens with two attached hydrogens (primary N) is 1. The average molecular weight is 245 g/mol. The Morgan fingerprint density at radius 1 is 1.00 bits per heavy atom. The van der Waals surface area contributed by atoms with Gasteiger partial charge in [-0.25, -0.2) is 0 Å². The number of benzene rings is 1. The minimum Gasteiger partial charge on any atom is -0.320 e. The lowest BCUT2D eigenvalue weighted by Crippen LogP contribution is -2.13. The summed E-state index contributed by atoms with van der Waals surface area (Å²) >= 11 is 1.69. The zero-order valence-corrected chi connectivity index (χ0v) is 11.4. The van der Waals surface area contributed by atoms with Gasteiger partial charge in [0.2, 0.25) is 0 Å². The van der Waals surface area contributed by atoms with Gasteiger partial charge < -0.3 is 5.73 Å². The van der Waals surface area contributed by atoms with E-state index in [9.17, 15) is 0 Å². The Balaban J connectivity index is 2.24. The summed E-state index contributed by atoms with van der Waals surface area (Å²) in [4.78, 5) is 0. The molecule has 0 aliphatic rings. The van der Waals surface area contributed by atoms with Crippen LogP contribution in [-0.4, -0.2) is 0 Å². The molecule has 2 rings (SSSR count). The first-order valence-corrected chi connectivity index (χ1v) is 6.81. The Kier molecular flexibility index (Phi) is 3.36. The Morgan fingerprint density at radius 2 is 1.65 bits per heavy atom. The summed E-state index contributed by atoms with van der Waals surface area (Å²) in [5.41, 5.74) is 10.1. The molecule has 0 saturated carbocycles. The van der Waals surface area contributed by atoms with Crippen molar-refractivity contribution in [1.82, 2.24) is 0 Å². The van der Waals surface area contributed by atoms with Gasteiger partial charge in [0.25, 0.3) is 0 Å². The van der Waals surface area contributed by atoms with E-state index in [1.807, 2.05) is 0 Å². The van der Waals surface area contributed by atoms with Gasteiger partial charge in [-0.15, -0.1) is 0 Å². The highest BCUT2D eigenvalue weighted by Crippen LogP contribution is 2.26. The van der Waals surface area contributed by atoms with Crippen molar-refractivity contribution >= 4 is 11.3 Å². The van der Waals surface area contributed by atoms with E-state index in [1.165, 1.54) is 16.7 Å². The van der Waals surface area contributed by atoms with Gasteiger partial charge in [-0.05, 0) is 38.9 Å². The van der Waals surface area contributed by atoms with E-state index in [0.29, 0.717) is 0 Å². The van der Waals surface area contributed by atoms with Gasteiger partial charge in [0.05, 0.1) is 6.04 Å². The average Bonchev–Trinajstić information content (AvgIpc) is 2.80. The molecule has 2 aromatic rings. The molecule has 0 fully saturated rings. The summed E-state index contributed by atoms with van der Waals surface area (Å²) < 4.78 is 0. The van der Waals surface area contributed by atoms with Crippen LogP contribution in [0.5, 0.6) is 0 Å². The van der Waals surface area contributed by atoms with Crippen molar-refractivity contribution in [1.29, 1.82) is 0 Å². The molecule has 2 N–H and O–H groups in total. The third-order valence-electron chi connectivity index (χ3n) is 3.04. The van der Waals surface area contributed by atoms with Crippen LogP contribution in [0.25, 0.3) is 0 Å². The maximum atomic E-state index is 6.23. The number of hydrogen-bond acceptors (Lipinski definition) is 2. The molecule has 17 heavy (non-hydrogen) atoms. The summed E-state index contributed by atoms with van der Waals surface area (Å²) in [6, 6.07) is 10.7. The van der Waals surface area contributed by atoms with E-state index in [1.54, 1.807) is 11.3 Å². The van der Waals surface area contributed by atoms with Gasteiger partial charge in [0.1, 0.15) is 0 Å². The van der Waals surface area contributed by atoms with Gasteiger partial charge in [0.15, 0.2) is 0 Å². The second kappa shape index (κ2) is 4.63. The quantitative estimate of drug-likeness (QED) is 0.847. The lowest BCUT2D eigenvalue weighted by atomic mass is 9.86. The molecule has 1 aromatic carbocycles. The highest BCUT2D eigenvalue weighted by molar-refractivity contribution is 7.08. The molecule has 1 nitrogen and oxygen atoms in total. The van der Waals surface area contributed by atoms with Crippen LogP contribution < -0.4 is 5.73 Å². The van der Waals surface area contributed by atoms with E-state index < -0.39 is 0 Å². The fourth-order valence-corrected chi connectivity index (χ4v) is 2.53. The zero-order valence-electron chi connectivity index (χ0n) is 10.6. The summed E-state index contributed by atoms with van der Waals surface area (Å²) in [7, 11) is 0. The molecule has 0 bridgehead atoms. The molecule has 1 aromatic heterocycles. The molecule has 1 heterocycles. The summed E-state index contributed by atoms with van der Waals surface area (Å²) in [5, 5.41) is 4.18. The van der Waals surface area contributed by atoms with Crippen molar-refractivity contribution < 1.29 is 0 Å². The first kappa shape index (κ1) is 12.3. The van der Waals surface area contributed by atoms with Crippen LogP contribution in [0, 0.1) is 0 Å². The number of hydrogen-bond donors (Lipinski definition) is 1. The van der Waals surface area contributed by atoms with E-state index >= 15 is 0 Å². The second-order valence-electron chi connectivity index (χ2n) is 5.41. The largest absolute Gasteiger partial charge is 0.320 e. The van der Waals surface area contributed by atoms with Crippen molar-refractivity contribution in [2.75, 3.05) is 0 Å². The maximum absolute atomic E-state index is 6.23. The summed E-state index contributed by atoms with van der Waals surface area (Å²) in [6.07, 6.45) is 0. The van der Waals surface area contributed by atoms with Gasteiger partial charge in [0, 0.05) is 0 Å². The van der Waals surface area contributed by atoms with Crippen LogP contribution in [-0.2, 0) is 5.41 Å². The fraction of sp³-hybridized carbons (Fsp3) is 0.333. The van der Waals surface area contributed by atoms with Gasteiger partial charge in [-0.3, -0.25) is 0 Å². The monoisotopic (exact) mass is 245 g/mol. The number of thiophene rings is 1. The zero-order chi connectivity index (χ0) is 12.5. The van der Waals surface area contributed by atoms with Crippen LogP contribution in [0.2, 0.25) is 0 Å². The molecule has 1 atom stereocenters. The highest BCUT2D eigenvalue weighted by Gasteiger charge is 2.14. The Morgan fingerprint density at radius 3 is 2.12 bits per heavy atom. The van der Waals surface area contributed by atoms with Gasteiger partial charge >= 0.3 is 0 Å². The molecule has 0 aliphatic heterocycles. The molecular weight excluding hydrogens is 226 g/mol. The molecule has 2 heteroatoms. The van der Waals surface area contributed by atoms with Crippen LogP contribution in [0.4, 0.5) is 0 Å². The second-order valence-corrected chi connectivity index (χ2v) is 6.19. The smallest absolute Gasteiger partial charge is 0.0559 e. The first-order chi connectivity index (χ1) is 7.98. The third kappa shape index (κ3) is 2.76. The topological polar surface area (TPSA) is 26.0 Å². The van der Waals surface area contributed by atoms with Crippen molar-refractivity contribution in [3.63, 3.8) is 0 Å². The summed E-state index contributed by atoms with van der Waals surface area (Å²) in [5.74, 6) is 0. The van der Waals surface area contributed by atoms with Crippen molar-refractivity contribution in [2.24, 2.45) is 5.73 Å². The lowest BCUT2D eigenvalue weighted by molar-refractivity contribution is 0.589. The lowest BCUT2D eigenvalue weighted by Gasteiger charge is -2.20. The SMILES string of the molecule is CC(C)(C)c1ccc([C@@H](N)c2ccsc2)cc1. The van der Waals surface area contributed by atoms with E-state index in [0.717, 1.165) is 0 Å². The van der Waals surface area contributed by atoms with Crippen molar-refractivity contribution in [3.8, 4) is 0 Å². The van der Waals surface area contributed by atoms with Crippen LogP contribution >= 0.6 is 11.3 Å². The molecular formula is C15H19NS. The molecule has 0 unspecified atom stereocenters. The first-order valence-electron chi connectivity index (χ1n) is 5.86. The third-order valence-corrected chi connectivity index (χ3v) is 3.74. The summed E-state index contributed by atoms with van der Waals surface area (Å²) in [6.45, 7) is 6.67. The van der Waals surface area contributed by atoms with Crippen LogP contribution in [0.1, 0.15) is 43.5 Å². The Hall–Kier alpha value is -1.12. The van der Waals surface area contributed by atoms with E-state index in [2.05, 4.69) is 61.9 Å². The molecule has 0 aliphatic carbocycles. The maximum Gasteiger partial charge on any atom is 0.0559 e. The van der Waals surface area contributed by atoms with Gasteiger partial charge in [-0.1, -0.05) is 45.0 Å². The predicted molar refractivity (Wildman–Crippen MR) is 75.5 cm³/mol. The standard InChI is InChI=1S/C15H19NS/c1-15(2,3)13-6-4-11(5-7-13)14(16)12-8-9-17-10-12/h4-10,14H,16H2,1-3H3/t14-/m1/s1. The van der Waals surface area contributed by atoms with Crippen molar-refractivity contribution in [2.45, 2.75) is 32.2 Å². The fourth-order valence-electron chi connectivity index (χ4n) is 1.83. The highest BCUT2D eigenvalue weighted by atomic mass is 32.1. The molecule has 0 radical (unpaired) electrons. The minimum absolute atomic E-state index is 0.00438. The minimum atomic E-state index is -0.00438. The van der Waals surface area contributed by atoms with E-state index in [4.69, 9.17) is 5.73 Å². The number of rotatable bonds is 2. The Labute approximate surface area is 107 Å². The molecule has 0 saturated heterocycles. The normalized spacial score (nSPS) is 13.6. The Bertz CT molecular complexity index is 463. The van der Waals surface area contributed by atoms with Crippen LogP contribution in [0.3, 0.4) is 0 Å². The van der Waals surface area contributed by atoms with Crippen molar-refractivity contribution in [3.05, 3.63) is 57.8 Å². The van der Waals surface area contributed by atoms with Gasteiger partial charge in [-0.2, -0.15) is 11.3 Å². The van der Waals surface area contributed by atoms with Crippen LogP contribution in [0.15, 0.2) is 41.1 Å².